The van der Waals surface area contributed by atoms with Crippen LogP contribution < -0.4 is 42.0 Å². The number of halogens is 3. The van der Waals surface area contributed by atoms with Gasteiger partial charge in [0.2, 0.25) is 17.7 Å². The van der Waals surface area contributed by atoms with E-state index in [0.717, 1.165) is 16.0 Å². The van der Waals surface area contributed by atoms with E-state index in [0.29, 0.717) is 43.4 Å². The maximum atomic E-state index is 14.5. The standard InChI is InChI=1S/C60H81BrCl2N8O16/c1-32(2)50(66-39(31-72)17-12-13-23-84-55(77)34(4)30-61)53(75)68-42(18-15-22-65-57(64)79)52(74)67-38-20-21-40(41(62)27-38)54(76)70(8)36(6)56(78)86-47-28-48(73)71(9)43-25-37(26-44(82-10)49(43)63)24-33(3)16-14-19-46(83-11)60(81)29-45(85-58(80)69-60)35(5)51-59(47,7)87-51/h14,16,19-21,25-27,31-32,35-36,39,42,45-47,50-51,66,81H,4,12-13,15,17-18,22-24,28-30H2,1-3,5-11H3,(H,67,74)(H,68,75)(H,69,80)(H3,64,65,79)/b19-14+,33-16+/t35-,36+,39?,42+,45+,46-,47+,50+,51+,59+,60+/m1/s1. The Hall–Kier alpha value is -6.61. The van der Waals surface area contributed by atoms with Crippen LogP contribution in [0.2, 0.25) is 10.0 Å². The van der Waals surface area contributed by atoms with Crippen LogP contribution in [-0.4, -0.2) is 171 Å². The quantitative estimate of drug-likeness (QED) is 0.0111. The first kappa shape index (κ1) is 71.1. The van der Waals surface area contributed by atoms with Crippen molar-refractivity contribution in [3.8, 4) is 5.75 Å². The molecule has 3 aliphatic heterocycles. The molecule has 11 atom stereocenters. The van der Waals surface area contributed by atoms with Gasteiger partial charge in [-0.05, 0) is 101 Å². The molecule has 0 aliphatic carbocycles. The smallest absolute Gasteiger partial charge is 0.409 e. The summed E-state index contributed by atoms with van der Waals surface area (Å²) in [5.74, 6) is -4.72. The first-order valence-electron chi connectivity index (χ1n) is 28.4. The molecule has 1 unspecified atom stereocenters. The molecule has 2 aromatic carbocycles. The minimum Gasteiger partial charge on any atom is -0.495 e. The van der Waals surface area contributed by atoms with Crippen LogP contribution >= 0.6 is 39.1 Å². The molecule has 0 spiro atoms. The van der Waals surface area contributed by atoms with Crippen molar-refractivity contribution in [3.63, 3.8) is 0 Å². The molecule has 3 aliphatic rings. The number of esters is 2. The van der Waals surface area contributed by atoms with E-state index < -0.39 is 120 Å². The van der Waals surface area contributed by atoms with Gasteiger partial charge in [-0.15, -0.1) is 0 Å². The van der Waals surface area contributed by atoms with Gasteiger partial charge in [0.1, 0.15) is 53.1 Å². The Morgan fingerprint density at radius 1 is 1.06 bits per heavy atom. The first-order valence-corrected chi connectivity index (χ1v) is 30.3. The number of carbonyl (C=O) groups is 9. The number of ether oxygens (including phenoxy) is 6. The van der Waals surface area contributed by atoms with Crippen molar-refractivity contribution in [2.24, 2.45) is 17.6 Å². The number of nitrogens with one attached hydrogen (secondary N) is 5. The van der Waals surface area contributed by atoms with Gasteiger partial charge in [-0.25, -0.2) is 19.2 Å². The number of unbranched alkanes of at least 4 members (excludes halogenated alkanes) is 1. The van der Waals surface area contributed by atoms with Crippen LogP contribution in [0.3, 0.4) is 0 Å². The van der Waals surface area contributed by atoms with Crippen LogP contribution in [0.4, 0.5) is 21.0 Å². The van der Waals surface area contributed by atoms with E-state index in [1.54, 1.807) is 52.0 Å². The second-order valence-corrected chi connectivity index (χ2v) is 23.8. The molecular weight excluding hydrogens is 1240 g/mol. The summed E-state index contributed by atoms with van der Waals surface area (Å²) >= 11 is 16.7. The van der Waals surface area contributed by atoms with Crippen molar-refractivity contribution in [2.75, 3.05) is 57.0 Å². The molecule has 0 aromatic heterocycles. The van der Waals surface area contributed by atoms with Crippen LogP contribution in [-0.2, 0) is 58.9 Å². The number of primary amides is 1. The molecular formula is C60H81BrCl2N8O16. The van der Waals surface area contributed by atoms with E-state index in [1.165, 1.54) is 58.3 Å². The molecule has 2 fully saturated rings. The van der Waals surface area contributed by atoms with Crippen molar-refractivity contribution in [2.45, 2.75) is 153 Å². The SMILES string of the molecule is C=C(CBr)C(=O)OCCCCC(C=O)N[C@H](C(=O)N[C@@H](CCCNC(N)=O)C(=O)Nc1ccc(C(=O)N(C)[C@@H](C)C(=O)O[C@H]2CC(=O)N(C)c3cc(cc(OC)c3Cl)C/C(C)=C/C=C/[C@@H](OC)[C@@]3(O)C[C@H](OC(=O)N3)[C@@H](C)[C@@H]3O[C@@]23C)c(Cl)c1)C(C)C. The van der Waals surface area contributed by atoms with Gasteiger partial charge in [-0.2, -0.15) is 0 Å². The summed E-state index contributed by atoms with van der Waals surface area (Å²) in [6.07, 6.45) is 2.07. The number of nitrogens with two attached hydrogens (primary N) is 1. The Morgan fingerprint density at radius 2 is 1.77 bits per heavy atom. The van der Waals surface area contributed by atoms with Crippen LogP contribution in [0.15, 0.2) is 66.3 Å². The summed E-state index contributed by atoms with van der Waals surface area (Å²) in [6, 6.07) is 2.54. The fourth-order valence-corrected chi connectivity index (χ4v) is 11.0. The lowest BCUT2D eigenvalue weighted by Crippen LogP contribution is -2.63. The lowest BCUT2D eigenvalue weighted by atomic mass is 9.83. The van der Waals surface area contributed by atoms with Crippen LogP contribution in [0, 0.1) is 11.8 Å². The van der Waals surface area contributed by atoms with Crippen LogP contribution in [0.1, 0.15) is 102 Å². The zero-order valence-electron chi connectivity index (χ0n) is 50.6. The Labute approximate surface area is 525 Å². The number of aldehydes is 1. The second kappa shape index (κ2) is 32.0. The third kappa shape index (κ3) is 19.0. The maximum Gasteiger partial charge on any atom is 0.409 e. The molecule has 7 amide bonds. The monoisotopic (exact) mass is 1320 g/mol. The highest BCUT2D eigenvalue weighted by Gasteiger charge is 2.64. The molecule has 478 valence electrons. The number of urea groups is 1. The zero-order valence-corrected chi connectivity index (χ0v) is 53.7. The van der Waals surface area contributed by atoms with Crippen molar-refractivity contribution >= 4 is 104 Å². The fourth-order valence-electron chi connectivity index (χ4n) is 10.2. The number of alkyl halides is 1. The zero-order chi connectivity index (χ0) is 64.7. The number of likely N-dealkylation sites (N-methyl/N-ethyl adjacent to an activating group) is 1. The van der Waals surface area contributed by atoms with Gasteiger partial charge in [0.15, 0.2) is 5.72 Å². The average molecular weight is 1320 g/mol. The summed E-state index contributed by atoms with van der Waals surface area (Å²) in [5.41, 5.74) is 4.17. The molecule has 5 rings (SSSR count). The van der Waals surface area contributed by atoms with E-state index in [9.17, 15) is 48.3 Å². The van der Waals surface area contributed by atoms with Gasteiger partial charge in [-0.1, -0.05) is 90.3 Å². The Balaban J connectivity index is 1.34. The topological polar surface area (TPSA) is 325 Å². The van der Waals surface area contributed by atoms with Crippen molar-refractivity contribution < 1.29 is 76.7 Å². The van der Waals surface area contributed by atoms with Crippen molar-refractivity contribution in [1.29, 1.82) is 0 Å². The number of rotatable bonds is 25. The Kier molecular flexibility index (Phi) is 26.2. The number of alkyl carbamates (subject to hydrolysis) is 1. The summed E-state index contributed by atoms with van der Waals surface area (Å²) in [7, 11) is 5.71. The van der Waals surface area contributed by atoms with Gasteiger partial charge in [-0.3, -0.25) is 29.8 Å². The predicted molar refractivity (Wildman–Crippen MR) is 328 cm³/mol. The van der Waals surface area contributed by atoms with Crippen molar-refractivity contribution in [1.82, 2.24) is 26.2 Å². The molecule has 0 radical (unpaired) electrons. The number of carbonyl (C=O) groups excluding carboxylic acids is 9. The number of methoxy groups -OCH3 is 2. The lowest BCUT2D eigenvalue weighted by Gasteiger charge is -2.42. The number of benzene rings is 2. The van der Waals surface area contributed by atoms with Crippen molar-refractivity contribution in [3.05, 3.63) is 87.5 Å². The summed E-state index contributed by atoms with van der Waals surface area (Å²) in [5, 5.41) is 25.7. The first-order chi connectivity index (χ1) is 41.0. The number of epoxide rings is 1. The molecule has 87 heavy (non-hydrogen) atoms. The second-order valence-electron chi connectivity index (χ2n) is 22.5. The third-order valence-corrected chi connectivity index (χ3v) is 17.0. The molecule has 8 N–H and O–H groups in total. The molecule has 4 bridgehead atoms. The predicted octanol–water partition coefficient (Wildman–Crippen LogP) is 6.20. The number of aliphatic hydroxyl groups is 1. The van der Waals surface area contributed by atoms with E-state index in [1.807, 2.05) is 13.0 Å². The number of hydrogen-bond acceptors (Lipinski definition) is 17. The number of amides is 7. The minimum absolute atomic E-state index is 0.0280. The van der Waals surface area contributed by atoms with E-state index in [4.69, 9.17) is 57.4 Å². The lowest BCUT2D eigenvalue weighted by molar-refractivity contribution is -0.158. The molecule has 27 heteroatoms. The van der Waals surface area contributed by atoms with Gasteiger partial charge >= 0.3 is 24.1 Å². The van der Waals surface area contributed by atoms with E-state index in [-0.39, 0.29) is 70.5 Å². The van der Waals surface area contributed by atoms with Gasteiger partial charge < -0.3 is 69.8 Å². The summed E-state index contributed by atoms with van der Waals surface area (Å²) in [6.45, 7) is 14.0. The fraction of sp³-hybridized carbons (Fsp3) is 0.550. The number of hydrogen-bond donors (Lipinski definition) is 7. The highest BCUT2D eigenvalue weighted by Crippen LogP contribution is 2.49. The maximum absolute atomic E-state index is 14.5. The third-order valence-electron chi connectivity index (χ3n) is 15.6. The van der Waals surface area contributed by atoms with E-state index in [2.05, 4.69) is 49.1 Å². The van der Waals surface area contributed by atoms with Crippen LogP contribution in [0.25, 0.3) is 0 Å². The van der Waals surface area contributed by atoms with Gasteiger partial charge in [0, 0.05) is 56.7 Å². The average Bonchev–Trinajstić information content (AvgIpc) is 1.59. The van der Waals surface area contributed by atoms with Gasteiger partial charge in [0.05, 0.1) is 54.6 Å². The Bertz CT molecular complexity index is 2950. The summed E-state index contributed by atoms with van der Waals surface area (Å²) < 4.78 is 34.7. The normalized spacial score (nSPS) is 24.4. The highest BCUT2D eigenvalue weighted by atomic mass is 79.9. The molecule has 24 nitrogen and oxygen atoms in total. The largest absolute Gasteiger partial charge is 0.495 e. The molecule has 2 saturated heterocycles. The van der Waals surface area contributed by atoms with E-state index >= 15 is 0 Å². The minimum atomic E-state index is -1.92. The number of anilines is 2. The molecule has 2 aromatic rings. The van der Waals surface area contributed by atoms with Gasteiger partial charge in [0.25, 0.3) is 5.91 Å². The number of fused-ring (bicyclic) bond motifs is 5. The number of nitrogens with zero attached hydrogens (tertiary/aromatic N) is 2. The summed E-state index contributed by atoms with van der Waals surface area (Å²) in [4.78, 5) is 122. The van der Waals surface area contributed by atoms with Crippen LogP contribution in [0.5, 0.6) is 5.75 Å². The highest BCUT2D eigenvalue weighted by molar-refractivity contribution is 9.09. The Morgan fingerprint density at radius 3 is 2.40 bits per heavy atom. The molecule has 0 saturated carbocycles. The number of allylic oxidation sites excluding steroid dienone is 3. The molecule has 3 heterocycles.